The molecule has 1 aromatic heterocycles. The van der Waals surface area contributed by atoms with Crippen molar-refractivity contribution < 1.29 is 4.79 Å². The van der Waals surface area contributed by atoms with Crippen molar-refractivity contribution in [1.82, 2.24) is 15.6 Å². The van der Waals surface area contributed by atoms with Gasteiger partial charge in [-0.1, -0.05) is 55.8 Å². The lowest BCUT2D eigenvalue weighted by Crippen LogP contribution is -2.38. The third kappa shape index (κ3) is 5.12. The normalized spacial score (nSPS) is 12.4. The molecular weight excluding hydrogens is 358 g/mol. The molecule has 2 aromatic carbocycles. The van der Waals surface area contributed by atoms with Gasteiger partial charge in [0, 0.05) is 34.7 Å². The van der Waals surface area contributed by atoms with Crippen molar-refractivity contribution in [2.24, 2.45) is 5.92 Å². The van der Waals surface area contributed by atoms with Crippen LogP contribution in [0.15, 0.2) is 54.7 Å². The van der Waals surface area contributed by atoms with E-state index in [0.29, 0.717) is 19.0 Å². The Labute approximate surface area is 165 Å². The van der Waals surface area contributed by atoms with Gasteiger partial charge in [-0.2, -0.15) is 0 Å². The Kier molecular flexibility index (Phi) is 6.54. The number of halogens is 1. The fourth-order valence-electron chi connectivity index (χ4n) is 3.35. The average Bonchev–Trinajstić information content (AvgIpc) is 3.06. The van der Waals surface area contributed by atoms with Crippen molar-refractivity contribution >= 4 is 28.4 Å². The van der Waals surface area contributed by atoms with E-state index in [1.807, 2.05) is 42.6 Å². The first-order valence-electron chi connectivity index (χ1n) is 9.35. The van der Waals surface area contributed by atoms with Crippen LogP contribution in [-0.2, 0) is 11.2 Å². The lowest BCUT2D eigenvalue weighted by Gasteiger charge is -2.23. The summed E-state index contributed by atoms with van der Waals surface area (Å²) >= 11 is 5.97. The summed E-state index contributed by atoms with van der Waals surface area (Å²) in [5.41, 5.74) is 3.49. The first kappa shape index (κ1) is 19.5. The number of carbonyl (C=O) groups is 1. The molecule has 3 N–H and O–H groups in total. The summed E-state index contributed by atoms with van der Waals surface area (Å²) in [6, 6.07) is 16.1. The van der Waals surface area contributed by atoms with E-state index < -0.39 is 0 Å². The van der Waals surface area contributed by atoms with E-state index in [9.17, 15) is 4.79 Å². The van der Waals surface area contributed by atoms with E-state index in [-0.39, 0.29) is 11.9 Å². The third-order valence-electron chi connectivity index (χ3n) is 4.77. The van der Waals surface area contributed by atoms with Crippen LogP contribution in [0.4, 0.5) is 0 Å². The van der Waals surface area contributed by atoms with Crippen molar-refractivity contribution in [3.05, 3.63) is 70.9 Å². The summed E-state index contributed by atoms with van der Waals surface area (Å²) in [6.45, 7) is 5.19. The minimum Gasteiger partial charge on any atom is -0.361 e. The third-order valence-corrected chi connectivity index (χ3v) is 5.02. The van der Waals surface area contributed by atoms with E-state index in [0.717, 1.165) is 22.5 Å². The molecule has 0 saturated heterocycles. The van der Waals surface area contributed by atoms with Crippen LogP contribution in [0.3, 0.4) is 0 Å². The van der Waals surface area contributed by atoms with Crippen LogP contribution >= 0.6 is 11.6 Å². The standard InChI is InChI=1S/C22H26ClN3O/c1-15(2)22(16-7-9-18(23)10-8-16)26-14-21(27)24-12-11-17-13-25-20-6-4-3-5-19(17)20/h3-10,13,15,22,25-26H,11-12,14H2,1-2H3,(H,24,27). The molecule has 27 heavy (non-hydrogen) atoms. The van der Waals surface area contributed by atoms with E-state index in [1.54, 1.807) is 0 Å². The molecule has 0 fully saturated rings. The fourth-order valence-corrected chi connectivity index (χ4v) is 3.47. The average molecular weight is 384 g/mol. The highest BCUT2D eigenvalue weighted by Gasteiger charge is 2.16. The van der Waals surface area contributed by atoms with Gasteiger partial charge in [0.15, 0.2) is 0 Å². The maximum Gasteiger partial charge on any atom is 0.233 e. The Morgan fingerprint density at radius 1 is 1.11 bits per heavy atom. The van der Waals surface area contributed by atoms with Gasteiger partial charge in [0.2, 0.25) is 5.91 Å². The molecule has 3 rings (SSSR count). The number of H-pyrrole nitrogens is 1. The highest BCUT2D eigenvalue weighted by atomic mass is 35.5. The largest absolute Gasteiger partial charge is 0.361 e. The number of rotatable bonds is 8. The first-order chi connectivity index (χ1) is 13.0. The van der Waals surface area contributed by atoms with Gasteiger partial charge in [-0.25, -0.2) is 0 Å². The molecule has 0 aliphatic carbocycles. The summed E-state index contributed by atoms with van der Waals surface area (Å²) in [7, 11) is 0. The Hall–Kier alpha value is -2.30. The summed E-state index contributed by atoms with van der Waals surface area (Å²) in [5.74, 6) is 0.375. The molecule has 1 heterocycles. The highest BCUT2D eigenvalue weighted by molar-refractivity contribution is 6.30. The number of amides is 1. The molecule has 5 heteroatoms. The van der Waals surface area contributed by atoms with E-state index in [1.165, 1.54) is 10.9 Å². The van der Waals surface area contributed by atoms with Gasteiger partial charge in [-0.15, -0.1) is 0 Å². The van der Waals surface area contributed by atoms with Gasteiger partial charge in [-0.3, -0.25) is 4.79 Å². The van der Waals surface area contributed by atoms with E-state index in [2.05, 4.69) is 41.6 Å². The molecule has 1 unspecified atom stereocenters. The molecule has 142 valence electrons. The SMILES string of the molecule is CC(C)C(NCC(=O)NCCc1c[nH]c2ccccc12)c1ccc(Cl)cc1. The second kappa shape index (κ2) is 9.07. The molecule has 0 spiro atoms. The minimum atomic E-state index is 0.00875. The number of carbonyl (C=O) groups excluding carboxylic acids is 1. The maximum atomic E-state index is 12.2. The Morgan fingerprint density at radius 2 is 1.85 bits per heavy atom. The molecule has 0 aliphatic heterocycles. The van der Waals surface area contributed by atoms with E-state index in [4.69, 9.17) is 11.6 Å². The van der Waals surface area contributed by atoms with Gasteiger partial charge < -0.3 is 15.6 Å². The number of fused-ring (bicyclic) bond motifs is 1. The summed E-state index contributed by atoms with van der Waals surface area (Å²) in [6.07, 6.45) is 2.82. The minimum absolute atomic E-state index is 0.00875. The number of para-hydroxylation sites is 1. The molecule has 0 saturated carbocycles. The van der Waals surface area contributed by atoms with E-state index >= 15 is 0 Å². The topological polar surface area (TPSA) is 56.9 Å². The molecule has 4 nitrogen and oxygen atoms in total. The first-order valence-corrected chi connectivity index (χ1v) is 9.73. The van der Waals surface area contributed by atoms with Crippen LogP contribution in [0.1, 0.15) is 31.0 Å². The second-order valence-electron chi connectivity index (χ2n) is 7.11. The molecular formula is C22H26ClN3O. The monoisotopic (exact) mass is 383 g/mol. The second-order valence-corrected chi connectivity index (χ2v) is 7.55. The molecule has 0 aliphatic rings. The quantitative estimate of drug-likeness (QED) is 0.537. The van der Waals surface area contributed by atoms with Crippen LogP contribution < -0.4 is 10.6 Å². The smallest absolute Gasteiger partial charge is 0.233 e. The number of nitrogens with one attached hydrogen (secondary N) is 3. The lowest BCUT2D eigenvalue weighted by molar-refractivity contribution is -0.120. The molecule has 3 aromatic rings. The molecule has 0 bridgehead atoms. The van der Waals surface area contributed by atoms with Gasteiger partial charge in [0.05, 0.1) is 6.54 Å². The predicted molar refractivity (Wildman–Crippen MR) is 112 cm³/mol. The van der Waals surface area contributed by atoms with Crippen LogP contribution in [-0.4, -0.2) is 24.0 Å². The fraction of sp³-hybridized carbons (Fsp3) is 0.318. The number of hydrogen-bond donors (Lipinski definition) is 3. The van der Waals surface area contributed by atoms with Gasteiger partial charge in [0.1, 0.15) is 0 Å². The number of benzene rings is 2. The Balaban J connectivity index is 1.49. The summed E-state index contributed by atoms with van der Waals surface area (Å²) < 4.78 is 0. The van der Waals surface area contributed by atoms with Crippen molar-refractivity contribution in [3.8, 4) is 0 Å². The number of hydrogen-bond acceptors (Lipinski definition) is 2. The zero-order valence-corrected chi connectivity index (χ0v) is 16.5. The Bertz CT molecular complexity index is 886. The Morgan fingerprint density at radius 3 is 2.59 bits per heavy atom. The zero-order valence-electron chi connectivity index (χ0n) is 15.8. The van der Waals surface area contributed by atoms with Crippen molar-refractivity contribution in [2.75, 3.05) is 13.1 Å². The number of aromatic nitrogens is 1. The molecule has 0 radical (unpaired) electrons. The number of aromatic amines is 1. The maximum absolute atomic E-state index is 12.2. The predicted octanol–water partition coefficient (Wildman–Crippen LogP) is 4.47. The molecule has 1 amide bonds. The van der Waals surface area contributed by atoms with Crippen LogP contribution in [0.5, 0.6) is 0 Å². The van der Waals surface area contributed by atoms with Gasteiger partial charge in [-0.05, 0) is 41.7 Å². The van der Waals surface area contributed by atoms with Crippen LogP contribution in [0.25, 0.3) is 10.9 Å². The molecule has 1 atom stereocenters. The summed E-state index contributed by atoms with van der Waals surface area (Å²) in [4.78, 5) is 15.5. The van der Waals surface area contributed by atoms with Crippen molar-refractivity contribution in [1.29, 1.82) is 0 Å². The summed E-state index contributed by atoms with van der Waals surface area (Å²) in [5, 5.41) is 8.30. The van der Waals surface area contributed by atoms with Crippen LogP contribution in [0, 0.1) is 5.92 Å². The van der Waals surface area contributed by atoms with Crippen molar-refractivity contribution in [2.45, 2.75) is 26.3 Å². The van der Waals surface area contributed by atoms with Gasteiger partial charge >= 0.3 is 0 Å². The van der Waals surface area contributed by atoms with Crippen molar-refractivity contribution in [3.63, 3.8) is 0 Å². The zero-order chi connectivity index (χ0) is 19.2. The van der Waals surface area contributed by atoms with Crippen LogP contribution in [0.2, 0.25) is 5.02 Å². The lowest BCUT2D eigenvalue weighted by atomic mass is 9.96. The van der Waals surface area contributed by atoms with Gasteiger partial charge in [0.25, 0.3) is 0 Å². The highest BCUT2D eigenvalue weighted by Crippen LogP contribution is 2.23.